The third-order valence-corrected chi connectivity index (χ3v) is 5.34. The van der Waals surface area contributed by atoms with Crippen molar-refractivity contribution in [3.63, 3.8) is 0 Å². The van der Waals surface area contributed by atoms with Crippen LogP contribution in [0.15, 0.2) is 60.7 Å². The van der Waals surface area contributed by atoms with E-state index in [-0.39, 0.29) is 5.69 Å². The Kier molecular flexibility index (Phi) is 5.31. The molecule has 0 atom stereocenters. The van der Waals surface area contributed by atoms with Crippen molar-refractivity contribution >= 4 is 17.6 Å². The zero-order chi connectivity index (χ0) is 19.5. The highest BCUT2D eigenvalue weighted by molar-refractivity contribution is 6.31. The molecule has 1 aromatic heterocycles. The van der Waals surface area contributed by atoms with Crippen LogP contribution < -0.4 is 4.74 Å². The fourth-order valence-electron chi connectivity index (χ4n) is 3.35. The summed E-state index contributed by atoms with van der Waals surface area (Å²) in [5.41, 5.74) is 3.23. The van der Waals surface area contributed by atoms with Crippen LogP contribution in [0.1, 0.15) is 29.8 Å². The van der Waals surface area contributed by atoms with Crippen LogP contribution in [-0.4, -0.2) is 22.7 Å². The maximum Gasteiger partial charge on any atom is 0.354 e. The summed E-state index contributed by atoms with van der Waals surface area (Å²) < 4.78 is 6.13. The van der Waals surface area contributed by atoms with Gasteiger partial charge < -0.3 is 9.84 Å². The van der Waals surface area contributed by atoms with Crippen molar-refractivity contribution in [2.75, 3.05) is 6.61 Å². The first-order valence-corrected chi connectivity index (χ1v) is 9.72. The third kappa shape index (κ3) is 3.87. The molecular weight excluding hydrogens is 374 g/mol. The molecule has 2 aromatic carbocycles. The Hall–Kier alpha value is -2.85. The predicted octanol–water partition coefficient (Wildman–Crippen LogP) is 5.95. The monoisotopic (exact) mass is 393 g/mol. The highest BCUT2D eigenvalue weighted by Crippen LogP contribution is 2.39. The topological polar surface area (TPSA) is 59.4 Å². The maximum absolute atomic E-state index is 11.3. The Labute approximate surface area is 168 Å². The summed E-state index contributed by atoms with van der Waals surface area (Å²) in [7, 11) is 0. The van der Waals surface area contributed by atoms with Crippen LogP contribution in [0.4, 0.5) is 0 Å². The molecule has 1 aliphatic carbocycles. The number of hydrogen-bond donors (Lipinski definition) is 1. The second-order valence-electron chi connectivity index (χ2n) is 7.01. The Morgan fingerprint density at radius 1 is 1.04 bits per heavy atom. The summed E-state index contributed by atoms with van der Waals surface area (Å²) in [5.74, 6) is 0.345. The van der Waals surface area contributed by atoms with Crippen LogP contribution in [0.3, 0.4) is 0 Å². The first-order chi connectivity index (χ1) is 13.6. The van der Waals surface area contributed by atoms with Crippen molar-refractivity contribution in [1.82, 2.24) is 4.98 Å². The van der Waals surface area contributed by atoms with Gasteiger partial charge in [-0.25, -0.2) is 9.78 Å². The second-order valence-corrected chi connectivity index (χ2v) is 7.44. The molecule has 4 rings (SSSR count). The lowest BCUT2D eigenvalue weighted by Crippen LogP contribution is -2.19. The number of benzene rings is 2. The number of hydrogen-bond acceptors (Lipinski definition) is 3. The van der Waals surface area contributed by atoms with E-state index in [1.807, 2.05) is 48.5 Å². The summed E-state index contributed by atoms with van der Waals surface area (Å²) >= 11 is 6.28. The van der Waals surface area contributed by atoms with Gasteiger partial charge in [0.05, 0.1) is 12.3 Å². The van der Waals surface area contributed by atoms with E-state index in [9.17, 15) is 9.90 Å². The Morgan fingerprint density at radius 2 is 1.82 bits per heavy atom. The molecule has 0 amide bonds. The molecule has 0 aliphatic heterocycles. The average Bonchev–Trinajstić information content (AvgIpc) is 2.68. The van der Waals surface area contributed by atoms with Gasteiger partial charge in [0, 0.05) is 16.1 Å². The van der Waals surface area contributed by atoms with Gasteiger partial charge in [0.2, 0.25) is 0 Å². The number of aromatic carboxylic acids is 1. The van der Waals surface area contributed by atoms with Gasteiger partial charge in [-0.3, -0.25) is 0 Å². The van der Waals surface area contributed by atoms with Crippen molar-refractivity contribution in [1.29, 1.82) is 0 Å². The van der Waals surface area contributed by atoms with Crippen molar-refractivity contribution in [2.24, 2.45) is 5.92 Å². The molecule has 0 unspecified atom stereocenters. The molecule has 0 spiro atoms. The number of rotatable bonds is 6. The maximum atomic E-state index is 11.3. The van der Waals surface area contributed by atoms with Crippen LogP contribution in [0.25, 0.3) is 22.4 Å². The molecule has 1 saturated carbocycles. The summed E-state index contributed by atoms with van der Waals surface area (Å²) in [6, 6.07) is 18.4. The zero-order valence-corrected chi connectivity index (χ0v) is 16.0. The molecule has 4 nitrogen and oxygen atoms in total. The largest absolute Gasteiger partial charge is 0.493 e. The summed E-state index contributed by atoms with van der Waals surface area (Å²) in [5, 5.41) is 9.89. The van der Waals surface area contributed by atoms with E-state index in [1.165, 1.54) is 25.3 Å². The Morgan fingerprint density at radius 3 is 2.54 bits per heavy atom. The number of halogens is 1. The van der Waals surface area contributed by atoms with Gasteiger partial charge in [0.15, 0.2) is 0 Å². The van der Waals surface area contributed by atoms with Crippen LogP contribution in [0.2, 0.25) is 5.02 Å². The number of carboxylic acids is 1. The highest BCUT2D eigenvalue weighted by Gasteiger charge is 2.20. The fraction of sp³-hybridized carbons (Fsp3) is 0.217. The van der Waals surface area contributed by atoms with E-state index in [4.69, 9.17) is 16.3 Å². The molecule has 1 fully saturated rings. The normalized spacial score (nSPS) is 13.8. The van der Waals surface area contributed by atoms with Gasteiger partial charge in [-0.2, -0.15) is 0 Å². The van der Waals surface area contributed by atoms with Gasteiger partial charge in [0.1, 0.15) is 11.4 Å². The summed E-state index contributed by atoms with van der Waals surface area (Å²) in [6.07, 6.45) is 3.70. The number of carboxylic acid groups (broad SMARTS) is 1. The van der Waals surface area contributed by atoms with Gasteiger partial charge >= 0.3 is 5.97 Å². The Balaban J connectivity index is 1.77. The van der Waals surface area contributed by atoms with Gasteiger partial charge in [-0.1, -0.05) is 48.4 Å². The number of ether oxygens (including phenoxy) is 1. The minimum absolute atomic E-state index is 0.0138. The smallest absolute Gasteiger partial charge is 0.354 e. The molecule has 0 radical (unpaired) electrons. The molecule has 1 aliphatic rings. The van der Waals surface area contributed by atoms with E-state index in [2.05, 4.69) is 4.98 Å². The zero-order valence-electron chi connectivity index (χ0n) is 15.3. The minimum atomic E-state index is -1.05. The molecular formula is C23H20ClNO3. The molecule has 0 bridgehead atoms. The average molecular weight is 394 g/mol. The lowest BCUT2D eigenvalue weighted by molar-refractivity contribution is 0.0690. The van der Waals surface area contributed by atoms with Crippen LogP contribution in [0.5, 0.6) is 5.75 Å². The van der Waals surface area contributed by atoms with Gasteiger partial charge in [-0.05, 0) is 54.7 Å². The number of nitrogens with zero attached hydrogens (tertiary/aromatic N) is 1. The van der Waals surface area contributed by atoms with E-state index in [1.54, 1.807) is 6.07 Å². The number of aromatic nitrogens is 1. The molecule has 1 heterocycles. The fourth-order valence-corrected chi connectivity index (χ4v) is 3.52. The van der Waals surface area contributed by atoms with E-state index >= 15 is 0 Å². The van der Waals surface area contributed by atoms with Gasteiger partial charge in [0.25, 0.3) is 0 Å². The highest BCUT2D eigenvalue weighted by atomic mass is 35.5. The lowest BCUT2D eigenvalue weighted by Gasteiger charge is -2.26. The van der Waals surface area contributed by atoms with Crippen LogP contribution in [0, 0.1) is 5.92 Å². The standard InChI is InChI=1S/C23H20ClNO3/c24-16-11-12-22(28-14-15-5-3-6-15)19(13-16)17-7-1-2-8-18(17)20-9-4-10-21(25-20)23(26)27/h1-2,4,7-13,15H,3,5-6,14H2,(H,26,27). The molecule has 142 valence electrons. The molecule has 3 aromatic rings. The quantitative estimate of drug-likeness (QED) is 0.562. The van der Waals surface area contributed by atoms with E-state index in [0.717, 1.165) is 22.4 Å². The van der Waals surface area contributed by atoms with Crippen molar-refractivity contribution in [3.05, 3.63) is 71.4 Å². The minimum Gasteiger partial charge on any atom is -0.493 e. The molecule has 5 heteroatoms. The third-order valence-electron chi connectivity index (χ3n) is 5.10. The number of carbonyl (C=O) groups is 1. The van der Waals surface area contributed by atoms with Crippen LogP contribution >= 0.6 is 11.6 Å². The van der Waals surface area contributed by atoms with E-state index < -0.39 is 5.97 Å². The second kappa shape index (κ2) is 8.03. The van der Waals surface area contributed by atoms with E-state index in [0.29, 0.717) is 23.2 Å². The summed E-state index contributed by atoms with van der Waals surface area (Å²) in [6.45, 7) is 0.698. The first kappa shape index (κ1) is 18.5. The predicted molar refractivity (Wildman–Crippen MR) is 110 cm³/mol. The van der Waals surface area contributed by atoms with Crippen molar-refractivity contribution in [3.8, 4) is 28.1 Å². The van der Waals surface area contributed by atoms with Crippen molar-refractivity contribution in [2.45, 2.75) is 19.3 Å². The lowest BCUT2D eigenvalue weighted by atomic mass is 9.86. The van der Waals surface area contributed by atoms with Crippen molar-refractivity contribution < 1.29 is 14.6 Å². The molecule has 1 N–H and O–H groups in total. The number of pyridine rings is 1. The molecule has 28 heavy (non-hydrogen) atoms. The summed E-state index contributed by atoms with van der Waals surface area (Å²) in [4.78, 5) is 15.6. The van der Waals surface area contributed by atoms with Crippen LogP contribution in [-0.2, 0) is 0 Å². The SMILES string of the molecule is O=C(O)c1cccc(-c2ccccc2-c2cc(Cl)ccc2OCC2CCC2)n1. The Bertz CT molecular complexity index is 1010. The molecule has 0 saturated heterocycles. The first-order valence-electron chi connectivity index (χ1n) is 9.34. The van der Waals surface area contributed by atoms with Gasteiger partial charge in [-0.15, -0.1) is 0 Å².